The second-order valence-corrected chi connectivity index (χ2v) is 9.12. The van der Waals surface area contributed by atoms with E-state index in [0.29, 0.717) is 5.75 Å². The molecule has 4 rings (SSSR count). The molecule has 2 amide bonds. The van der Waals surface area contributed by atoms with E-state index in [9.17, 15) is 9.59 Å². The largest absolute Gasteiger partial charge is 0.325 e. The van der Waals surface area contributed by atoms with Crippen molar-refractivity contribution in [3.63, 3.8) is 0 Å². The summed E-state index contributed by atoms with van der Waals surface area (Å²) in [7, 11) is 0. The van der Waals surface area contributed by atoms with Gasteiger partial charge < -0.3 is 10.2 Å². The molecule has 2 aliphatic rings. The van der Waals surface area contributed by atoms with Crippen molar-refractivity contribution in [1.82, 2.24) is 4.90 Å². The van der Waals surface area contributed by atoms with Crippen molar-refractivity contribution in [1.29, 1.82) is 0 Å². The van der Waals surface area contributed by atoms with Gasteiger partial charge in [-0.3, -0.25) is 14.5 Å². The first-order valence-electron chi connectivity index (χ1n) is 9.40. The average Bonchev–Trinajstić information content (AvgIpc) is 2.71. The predicted octanol–water partition coefficient (Wildman–Crippen LogP) is 3.31. The van der Waals surface area contributed by atoms with E-state index in [4.69, 9.17) is 0 Å². The third-order valence-corrected chi connectivity index (χ3v) is 6.82. The molecule has 0 saturated carbocycles. The maximum Gasteiger partial charge on any atom is 0.244 e. The molecule has 0 aromatic heterocycles. The van der Waals surface area contributed by atoms with Gasteiger partial charge in [0.15, 0.2) is 0 Å². The lowest BCUT2D eigenvalue weighted by atomic mass is 10.2. The van der Waals surface area contributed by atoms with Crippen LogP contribution in [0.4, 0.5) is 11.4 Å². The summed E-state index contributed by atoms with van der Waals surface area (Å²) in [4.78, 5) is 30.0. The predicted molar refractivity (Wildman–Crippen MR) is 117 cm³/mol. The molecule has 7 heteroatoms. The molecule has 0 spiro atoms. The standard InChI is InChI=1S/C21H23N3O2S2/c25-20(14-24-18-6-1-2-7-19(18)28-15-21(24)26)22-17-5-3-4-16(12-17)13-23-8-10-27-11-9-23/h1-7,12H,8-11,13-15H2,(H,22,25). The number of carbonyl (C=O) groups is 2. The Morgan fingerprint density at radius 3 is 2.75 bits per heavy atom. The Morgan fingerprint density at radius 1 is 1.07 bits per heavy atom. The molecule has 0 atom stereocenters. The fourth-order valence-electron chi connectivity index (χ4n) is 3.44. The fourth-order valence-corrected chi connectivity index (χ4v) is 5.35. The van der Waals surface area contributed by atoms with Crippen LogP contribution >= 0.6 is 23.5 Å². The summed E-state index contributed by atoms with van der Waals surface area (Å²) < 4.78 is 0. The number of fused-ring (bicyclic) bond motifs is 1. The molecule has 2 aliphatic heterocycles. The summed E-state index contributed by atoms with van der Waals surface area (Å²) in [6, 6.07) is 15.7. The quantitative estimate of drug-likeness (QED) is 0.815. The lowest BCUT2D eigenvalue weighted by Crippen LogP contribution is -2.41. The zero-order valence-corrected chi connectivity index (χ0v) is 17.2. The van der Waals surface area contributed by atoms with Crippen LogP contribution in [0.2, 0.25) is 0 Å². The zero-order valence-electron chi connectivity index (χ0n) is 15.6. The third kappa shape index (κ3) is 4.71. The van der Waals surface area contributed by atoms with Gasteiger partial charge >= 0.3 is 0 Å². The van der Waals surface area contributed by atoms with E-state index in [-0.39, 0.29) is 18.4 Å². The van der Waals surface area contributed by atoms with Crippen LogP contribution in [0.25, 0.3) is 0 Å². The van der Waals surface area contributed by atoms with Crippen molar-refractivity contribution in [2.75, 3.05) is 47.1 Å². The number of hydrogen-bond donors (Lipinski definition) is 1. The Hall–Kier alpha value is -1.96. The summed E-state index contributed by atoms with van der Waals surface area (Å²) >= 11 is 3.52. The van der Waals surface area contributed by atoms with Gasteiger partial charge in [-0.05, 0) is 29.8 Å². The normalized spacial score (nSPS) is 17.3. The number of thioether (sulfide) groups is 2. The molecule has 2 aromatic carbocycles. The Labute approximate surface area is 173 Å². The van der Waals surface area contributed by atoms with Crippen LogP contribution in [-0.2, 0) is 16.1 Å². The molecule has 0 aliphatic carbocycles. The average molecular weight is 414 g/mol. The minimum atomic E-state index is -0.179. The molecule has 0 radical (unpaired) electrons. The molecule has 0 unspecified atom stereocenters. The van der Waals surface area contributed by atoms with Crippen molar-refractivity contribution < 1.29 is 9.59 Å². The first-order chi connectivity index (χ1) is 13.7. The number of nitrogens with one attached hydrogen (secondary N) is 1. The summed E-state index contributed by atoms with van der Waals surface area (Å²) in [6.45, 7) is 3.15. The lowest BCUT2D eigenvalue weighted by molar-refractivity contribution is -0.120. The van der Waals surface area contributed by atoms with Crippen molar-refractivity contribution >= 4 is 46.7 Å². The number of rotatable bonds is 5. The maximum absolute atomic E-state index is 12.6. The summed E-state index contributed by atoms with van der Waals surface area (Å²) in [6.07, 6.45) is 0. The van der Waals surface area contributed by atoms with Gasteiger partial charge in [0.25, 0.3) is 0 Å². The van der Waals surface area contributed by atoms with Gasteiger partial charge in [0.05, 0.1) is 11.4 Å². The number of amides is 2. The van der Waals surface area contributed by atoms with E-state index in [2.05, 4.69) is 16.3 Å². The molecule has 146 valence electrons. The monoisotopic (exact) mass is 413 g/mol. The fraction of sp³-hybridized carbons (Fsp3) is 0.333. The van der Waals surface area contributed by atoms with Crippen LogP contribution < -0.4 is 10.2 Å². The topological polar surface area (TPSA) is 52.7 Å². The van der Waals surface area contributed by atoms with Crippen molar-refractivity contribution in [3.05, 3.63) is 54.1 Å². The molecule has 1 N–H and O–H groups in total. The Bertz CT molecular complexity index is 868. The smallest absolute Gasteiger partial charge is 0.244 e. The summed E-state index contributed by atoms with van der Waals surface area (Å²) in [5.74, 6) is 2.52. The van der Waals surface area contributed by atoms with Gasteiger partial charge in [0, 0.05) is 41.7 Å². The lowest BCUT2D eigenvalue weighted by Gasteiger charge is -2.28. The van der Waals surface area contributed by atoms with Crippen molar-refractivity contribution in [2.24, 2.45) is 0 Å². The second-order valence-electron chi connectivity index (χ2n) is 6.87. The highest BCUT2D eigenvalue weighted by atomic mass is 32.2. The molecule has 28 heavy (non-hydrogen) atoms. The second kappa shape index (κ2) is 9.03. The number of nitrogens with zero attached hydrogens (tertiary/aromatic N) is 2. The van der Waals surface area contributed by atoms with Crippen LogP contribution in [0, 0.1) is 0 Å². The molecule has 1 saturated heterocycles. The Morgan fingerprint density at radius 2 is 1.89 bits per heavy atom. The first kappa shape index (κ1) is 19.4. The maximum atomic E-state index is 12.6. The van der Waals surface area contributed by atoms with E-state index in [1.807, 2.05) is 54.2 Å². The first-order valence-corrected chi connectivity index (χ1v) is 11.5. The molecular formula is C21H23N3O2S2. The van der Waals surface area contributed by atoms with E-state index in [1.165, 1.54) is 28.8 Å². The van der Waals surface area contributed by atoms with Gasteiger partial charge in [0.1, 0.15) is 6.54 Å². The van der Waals surface area contributed by atoms with E-state index >= 15 is 0 Å². The van der Waals surface area contributed by atoms with E-state index in [1.54, 1.807) is 4.90 Å². The Kier molecular flexibility index (Phi) is 6.24. The van der Waals surface area contributed by atoms with Gasteiger partial charge in [-0.25, -0.2) is 0 Å². The van der Waals surface area contributed by atoms with E-state index in [0.717, 1.165) is 35.9 Å². The van der Waals surface area contributed by atoms with Crippen molar-refractivity contribution in [2.45, 2.75) is 11.4 Å². The van der Waals surface area contributed by atoms with Crippen LogP contribution in [-0.4, -0.2) is 53.6 Å². The highest BCUT2D eigenvalue weighted by Gasteiger charge is 2.26. The van der Waals surface area contributed by atoms with Crippen LogP contribution in [0.3, 0.4) is 0 Å². The number of para-hydroxylation sites is 1. The minimum Gasteiger partial charge on any atom is -0.325 e. The third-order valence-electron chi connectivity index (χ3n) is 4.83. The van der Waals surface area contributed by atoms with Gasteiger partial charge in [0.2, 0.25) is 11.8 Å². The minimum absolute atomic E-state index is 0.0317. The molecule has 2 heterocycles. The molecular weight excluding hydrogens is 390 g/mol. The summed E-state index contributed by atoms with van der Waals surface area (Å²) in [5.41, 5.74) is 2.79. The van der Waals surface area contributed by atoms with Crippen molar-refractivity contribution in [3.8, 4) is 0 Å². The van der Waals surface area contributed by atoms with Crippen LogP contribution in [0.1, 0.15) is 5.56 Å². The summed E-state index contributed by atoms with van der Waals surface area (Å²) in [5, 5.41) is 2.96. The molecule has 2 aromatic rings. The number of anilines is 2. The van der Waals surface area contributed by atoms with Gasteiger partial charge in [-0.1, -0.05) is 24.3 Å². The zero-order chi connectivity index (χ0) is 19.3. The van der Waals surface area contributed by atoms with Crippen LogP contribution in [0.5, 0.6) is 0 Å². The van der Waals surface area contributed by atoms with E-state index < -0.39 is 0 Å². The highest BCUT2D eigenvalue weighted by Crippen LogP contribution is 2.34. The molecule has 0 bridgehead atoms. The Balaban J connectivity index is 1.40. The molecule has 1 fully saturated rings. The van der Waals surface area contributed by atoms with Gasteiger partial charge in [-0.15, -0.1) is 11.8 Å². The molecule has 5 nitrogen and oxygen atoms in total. The number of carbonyl (C=O) groups excluding carboxylic acids is 2. The number of benzene rings is 2. The SMILES string of the molecule is O=C(CN1C(=O)CSc2ccccc21)Nc1cccc(CN2CCSCC2)c1. The highest BCUT2D eigenvalue weighted by molar-refractivity contribution is 8.00. The van der Waals surface area contributed by atoms with Crippen LogP contribution in [0.15, 0.2) is 53.4 Å². The number of hydrogen-bond acceptors (Lipinski definition) is 5. The van der Waals surface area contributed by atoms with Gasteiger partial charge in [-0.2, -0.15) is 11.8 Å².